The summed E-state index contributed by atoms with van der Waals surface area (Å²) in [7, 11) is 0. The number of amides is 1. The smallest absolute Gasteiger partial charge is 0.280 e. The van der Waals surface area contributed by atoms with E-state index in [1.165, 1.54) is 23.0 Å². The van der Waals surface area contributed by atoms with Crippen LogP contribution in [0.1, 0.15) is 12.7 Å². The molecular formula is C27H21N5O5. The number of benzene rings is 3. The third-order valence-electron chi connectivity index (χ3n) is 5.42. The van der Waals surface area contributed by atoms with Crippen molar-refractivity contribution in [3.63, 3.8) is 0 Å². The van der Waals surface area contributed by atoms with Crippen LogP contribution in [0.25, 0.3) is 34.1 Å². The summed E-state index contributed by atoms with van der Waals surface area (Å²) in [6.07, 6.45) is 2.82. The van der Waals surface area contributed by atoms with Crippen molar-refractivity contribution in [3.05, 3.63) is 101 Å². The second kappa shape index (κ2) is 10.2. The molecule has 0 bridgehead atoms. The van der Waals surface area contributed by atoms with Gasteiger partial charge in [0.1, 0.15) is 28.3 Å². The number of ether oxygens (including phenoxy) is 1. The van der Waals surface area contributed by atoms with Gasteiger partial charge in [-0.2, -0.15) is 4.80 Å². The highest BCUT2D eigenvalue weighted by Crippen LogP contribution is 2.31. The maximum absolute atomic E-state index is 12.5. The molecule has 0 atom stereocenters. The van der Waals surface area contributed by atoms with Crippen molar-refractivity contribution >= 4 is 34.4 Å². The topological polar surface area (TPSA) is 125 Å². The standard InChI is InChI=1S/C27H21N5O5/c1-2-36-20-10-8-19(9-11-20)31-29-23-14-7-18(17-24(23)30-31)28-27(33)16-13-21-12-15-26(37-21)22-5-3-4-6-25(22)32(34)35/h3-17H,2H2,1H3,(H,28,33)/b16-13+. The highest BCUT2D eigenvalue weighted by Gasteiger charge is 2.16. The van der Waals surface area contributed by atoms with Crippen LogP contribution in [0, 0.1) is 10.1 Å². The average Bonchev–Trinajstić information content (AvgIpc) is 3.55. The number of nitrogens with one attached hydrogen (secondary N) is 1. The molecule has 0 fully saturated rings. The third kappa shape index (κ3) is 5.22. The van der Waals surface area contributed by atoms with Crippen LogP contribution in [0.4, 0.5) is 11.4 Å². The summed E-state index contributed by atoms with van der Waals surface area (Å²) in [5, 5.41) is 23.0. The number of carbonyl (C=O) groups is 1. The second-order valence-electron chi connectivity index (χ2n) is 7.92. The molecule has 37 heavy (non-hydrogen) atoms. The summed E-state index contributed by atoms with van der Waals surface area (Å²) in [6.45, 7) is 2.52. The van der Waals surface area contributed by atoms with Crippen LogP contribution in [-0.2, 0) is 4.79 Å². The molecule has 1 N–H and O–H groups in total. The quantitative estimate of drug-likeness (QED) is 0.168. The van der Waals surface area contributed by atoms with E-state index < -0.39 is 4.92 Å². The van der Waals surface area contributed by atoms with E-state index in [0.29, 0.717) is 40.4 Å². The summed E-state index contributed by atoms with van der Waals surface area (Å²) in [5.74, 6) is 1.13. The van der Waals surface area contributed by atoms with Gasteiger partial charge in [-0.3, -0.25) is 14.9 Å². The summed E-state index contributed by atoms with van der Waals surface area (Å²) in [4.78, 5) is 24.8. The molecule has 0 unspecified atom stereocenters. The Balaban J connectivity index is 1.27. The van der Waals surface area contributed by atoms with Crippen LogP contribution < -0.4 is 10.1 Å². The number of aromatic nitrogens is 3. The normalized spacial score (nSPS) is 11.2. The number of para-hydroxylation sites is 1. The fourth-order valence-corrected chi connectivity index (χ4v) is 3.72. The molecule has 0 aliphatic rings. The molecule has 0 spiro atoms. The Kier molecular flexibility index (Phi) is 6.45. The Morgan fingerprint density at radius 3 is 2.62 bits per heavy atom. The molecule has 0 aliphatic heterocycles. The number of furan rings is 1. The summed E-state index contributed by atoms with van der Waals surface area (Å²) >= 11 is 0. The lowest BCUT2D eigenvalue weighted by Gasteiger charge is -2.03. The van der Waals surface area contributed by atoms with Crippen molar-refractivity contribution in [2.24, 2.45) is 0 Å². The minimum absolute atomic E-state index is 0.0556. The number of nitrogens with zero attached hydrogens (tertiary/aromatic N) is 4. The molecule has 5 rings (SSSR count). The van der Waals surface area contributed by atoms with E-state index in [2.05, 4.69) is 15.5 Å². The lowest BCUT2D eigenvalue weighted by atomic mass is 10.1. The molecule has 2 aromatic heterocycles. The van der Waals surface area contributed by atoms with Crippen LogP contribution in [-0.4, -0.2) is 32.4 Å². The van der Waals surface area contributed by atoms with Crippen molar-refractivity contribution in [1.29, 1.82) is 0 Å². The zero-order chi connectivity index (χ0) is 25.8. The number of carbonyl (C=O) groups excluding carboxylic acids is 1. The number of hydrogen-bond donors (Lipinski definition) is 1. The van der Waals surface area contributed by atoms with E-state index in [1.54, 1.807) is 48.5 Å². The fourth-order valence-electron chi connectivity index (χ4n) is 3.72. The van der Waals surface area contributed by atoms with E-state index in [-0.39, 0.29) is 11.6 Å². The molecule has 10 nitrogen and oxygen atoms in total. The molecule has 5 aromatic rings. The monoisotopic (exact) mass is 495 g/mol. The lowest BCUT2D eigenvalue weighted by molar-refractivity contribution is -0.384. The van der Waals surface area contributed by atoms with Crippen molar-refractivity contribution in [1.82, 2.24) is 15.0 Å². The molecule has 2 heterocycles. The first-order valence-electron chi connectivity index (χ1n) is 11.4. The number of anilines is 1. The average molecular weight is 495 g/mol. The SMILES string of the molecule is CCOc1ccc(-n2nc3ccc(NC(=O)/C=C/c4ccc(-c5ccccc5[N+](=O)[O-])o4)cc3n2)cc1. The predicted octanol–water partition coefficient (Wildman–Crippen LogP) is 5.64. The van der Waals surface area contributed by atoms with Gasteiger partial charge in [0, 0.05) is 17.8 Å². The van der Waals surface area contributed by atoms with Gasteiger partial charge >= 0.3 is 0 Å². The number of nitro benzene ring substituents is 1. The van der Waals surface area contributed by atoms with Gasteiger partial charge in [0.15, 0.2) is 0 Å². The Labute approximate surface area is 210 Å². The van der Waals surface area contributed by atoms with E-state index >= 15 is 0 Å². The molecule has 10 heteroatoms. The molecule has 1 amide bonds. The van der Waals surface area contributed by atoms with E-state index in [4.69, 9.17) is 9.15 Å². The Morgan fingerprint density at radius 1 is 1.05 bits per heavy atom. The van der Waals surface area contributed by atoms with Crippen LogP contribution in [0.3, 0.4) is 0 Å². The number of hydrogen-bond acceptors (Lipinski definition) is 7. The van der Waals surface area contributed by atoms with E-state index in [9.17, 15) is 14.9 Å². The molecule has 0 saturated carbocycles. The first-order valence-corrected chi connectivity index (χ1v) is 11.4. The maximum atomic E-state index is 12.5. The molecule has 0 saturated heterocycles. The summed E-state index contributed by atoms with van der Waals surface area (Å²) in [6, 6.07) is 22.3. The van der Waals surface area contributed by atoms with E-state index in [1.807, 2.05) is 31.2 Å². The first kappa shape index (κ1) is 23.5. The van der Waals surface area contributed by atoms with Gasteiger partial charge in [-0.15, -0.1) is 10.2 Å². The highest BCUT2D eigenvalue weighted by molar-refractivity contribution is 6.02. The highest BCUT2D eigenvalue weighted by atomic mass is 16.6. The summed E-state index contributed by atoms with van der Waals surface area (Å²) in [5.41, 5.74) is 2.95. The minimum atomic E-state index is -0.464. The molecule has 0 radical (unpaired) electrons. The van der Waals surface area contributed by atoms with Crippen LogP contribution in [0.5, 0.6) is 5.75 Å². The van der Waals surface area contributed by atoms with Crippen molar-refractivity contribution in [2.45, 2.75) is 6.92 Å². The third-order valence-corrected chi connectivity index (χ3v) is 5.42. The van der Waals surface area contributed by atoms with Crippen molar-refractivity contribution in [3.8, 4) is 22.8 Å². The first-order chi connectivity index (χ1) is 18.0. The molecule has 184 valence electrons. The lowest BCUT2D eigenvalue weighted by Crippen LogP contribution is -2.07. The Hall–Kier alpha value is -5.25. The maximum Gasteiger partial charge on any atom is 0.280 e. The zero-order valence-corrected chi connectivity index (χ0v) is 19.7. The minimum Gasteiger partial charge on any atom is -0.494 e. The number of nitro groups is 1. The van der Waals surface area contributed by atoms with Crippen LogP contribution in [0.2, 0.25) is 0 Å². The van der Waals surface area contributed by atoms with Gasteiger partial charge < -0.3 is 14.5 Å². The van der Waals surface area contributed by atoms with Gasteiger partial charge in [0.25, 0.3) is 5.69 Å². The Morgan fingerprint density at radius 2 is 1.84 bits per heavy atom. The zero-order valence-electron chi connectivity index (χ0n) is 19.7. The van der Waals surface area contributed by atoms with Gasteiger partial charge in [-0.05, 0) is 73.7 Å². The van der Waals surface area contributed by atoms with Crippen LogP contribution >= 0.6 is 0 Å². The van der Waals surface area contributed by atoms with Gasteiger partial charge in [0.2, 0.25) is 5.91 Å². The second-order valence-corrected chi connectivity index (χ2v) is 7.92. The predicted molar refractivity (Wildman–Crippen MR) is 138 cm³/mol. The van der Waals surface area contributed by atoms with Gasteiger partial charge in [-0.1, -0.05) is 12.1 Å². The fraction of sp³-hybridized carbons (Fsp3) is 0.0741. The number of rotatable bonds is 8. The van der Waals surface area contributed by atoms with Crippen LogP contribution in [0.15, 0.2) is 89.4 Å². The van der Waals surface area contributed by atoms with Crippen molar-refractivity contribution < 1.29 is 18.9 Å². The Bertz CT molecular complexity index is 1620. The van der Waals surface area contributed by atoms with Crippen molar-refractivity contribution in [2.75, 3.05) is 11.9 Å². The number of fused-ring (bicyclic) bond motifs is 1. The summed E-state index contributed by atoms with van der Waals surface area (Å²) < 4.78 is 11.1. The van der Waals surface area contributed by atoms with E-state index in [0.717, 1.165) is 11.4 Å². The molecule has 0 aliphatic carbocycles. The largest absolute Gasteiger partial charge is 0.494 e. The van der Waals surface area contributed by atoms with Gasteiger partial charge in [0.05, 0.1) is 22.8 Å². The molecular weight excluding hydrogens is 474 g/mol. The van der Waals surface area contributed by atoms with Gasteiger partial charge in [-0.25, -0.2) is 0 Å². The molecule has 3 aromatic carbocycles.